The Labute approximate surface area is 99.7 Å². The maximum absolute atomic E-state index is 9.65. The second kappa shape index (κ2) is 8.01. The van der Waals surface area contributed by atoms with Crippen molar-refractivity contribution < 1.29 is 10.2 Å². The van der Waals surface area contributed by atoms with Crippen molar-refractivity contribution in [3.8, 4) is 0 Å². The molecule has 4 nitrogen and oxygen atoms in total. The molecule has 0 amide bonds. The third-order valence-electron chi connectivity index (χ3n) is 2.57. The van der Waals surface area contributed by atoms with Gasteiger partial charge in [0.05, 0.1) is 6.10 Å². The molecule has 4 heteroatoms. The Hall–Kier alpha value is -0.160. The maximum atomic E-state index is 9.65. The van der Waals surface area contributed by atoms with Crippen LogP contribution in [0.2, 0.25) is 0 Å². The number of hydrogen-bond donors (Lipinski definition) is 3. The molecular formula is C12H28N2O2. The van der Waals surface area contributed by atoms with E-state index in [9.17, 15) is 5.11 Å². The van der Waals surface area contributed by atoms with E-state index in [-0.39, 0.29) is 18.1 Å². The fraction of sp³-hybridized carbons (Fsp3) is 1.00. The fourth-order valence-electron chi connectivity index (χ4n) is 1.71. The Morgan fingerprint density at radius 1 is 1.31 bits per heavy atom. The lowest BCUT2D eigenvalue weighted by molar-refractivity contribution is 0.130. The van der Waals surface area contributed by atoms with Crippen LogP contribution >= 0.6 is 0 Å². The highest BCUT2D eigenvalue weighted by molar-refractivity contribution is 4.73. The number of rotatable bonds is 9. The molecule has 0 aromatic carbocycles. The summed E-state index contributed by atoms with van der Waals surface area (Å²) >= 11 is 0. The number of aliphatic hydroxyl groups is 2. The van der Waals surface area contributed by atoms with Gasteiger partial charge in [-0.25, -0.2) is 0 Å². The third-order valence-corrected chi connectivity index (χ3v) is 2.57. The third kappa shape index (κ3) is 9.09. The van der Waals surface area contributed by atoms with Crippen molar-refractivity contribution in [2.45, 2.75) is 32.8 Å². The monoisotopic (exact) mass is 232 g/mol. The molecule has 0 rings (SSSR count). The topological polar surface area (TPSA) is 55.7 Å². The molecule has 0 aromatic heterocycles. The lowest BCUT2D eigenvalue weighted by atomic mass is 9.88. The number of aliphatic hydroxyl groups excluding tert-OH is 2. The van der Waals surface area contributed by atoms with Crippen LogP contribution in [0.25, 0.3) is 0 Å². The van der Waals surface area contributed by atoms with E-state index in [0.29, 0.717) is 13.1 Å². The maximum Gasteiger partial charge on any atom is 0.0791 e. The van der Waals surface area contributed by atoms with Crippen LogP contribution in [0.15, 0.2) is 0 Å². The Bertz CT molecular complexity index is 172. The average Bonchev–Trinajstić information content (AvgIpc) is 2.13. The minimum absolute atomic E-state index is 0.181. The van der Waals surface area contributed by atoms with Crippen LogP contribution in [-0.2, 0) is 0 Å². The van der Waals surface area contributed by atoms with E-state index >= 15 is 0 Å². The van der Waals surface area contributed by atoms with Crippen molar-refractivity contribution in [2.24, 2.45) is 5.41 Å². The number of hydrogen-bond acceptors (Lipinski definition) is 4. The molecule has 0 heterocycles. The van der Waals surface area contributed by atoms with Crippen molar-refractivity contribution in [3.05, 3.63) is 0 Å². The van der Waals surface area contributed by atoms with Crippen molar-refractivity contribution in [1.82, 2.24) is 10.2 Å². The van der Waals surface area contributed by atoms with E-state index in [0.717, 1.165) is 19.4 Å². The van der Waals surface area contributed by atoms with Crippen LogP contribution in [0.5, 0.6) is 0 Å². The van der Waals surface area contributed by atoms with E-state index < -0.39 is 0 Å². The van der Waals surface area contributed by atoms with Crippen molar-refractivity contribution >= 4 is 0 Å². The Morgan fingerprint density at radius 2 is 1.94 bits per heavy atom. The van der Waals surface area contributed by atoms with Gasteiger partial charge >= 0.3 is 0 Å². The van der Waals surface area contributed by atoms with Gasteiger partial charge in [0, 0.05) is 26.2 Å². The molecule has 0 spiro atoms. The van der Waals surface area contributed by atoms with E-state index in [4.69, 9.17) is 5.11 Å². The number of nitrogens with zero attached hydrogens (tertiary/aromatic N) is 1. The molecule has 98 valence electrons. The first-order chi connectivity index (χ1) is 7.37. The predicted molar refractivity (Wildman–Crippen MR) is 67.5 cm³/mol. The smallest absolute Gasteiger partial charge is 0.0791 e. The van der Waals surface area contributed by atoms with Gasteiger partial charge in [-0.05, 0) is 32.4 Å². The normalized spacial score (nSPS) is 14.4. The highest BCUT2D eigenvalue weighted by Gasteiger charge is 2.17. The zero-order chi connectivity index (χ0) is 12.6. The van der Waals surface area contributed by atoms with Gasteiger partial charge in [0.25, 0.3) is 0 Å². The first-order valence-corrected chi connectivity index (χ1v) is 6.02. The molecule has 0 aromatic rings. The van der Waals surface area contributed by atoms with Gasteiger partial charge in [-0.2, -0.15) is 0 Å². The predicted octanol–water partition coefficient (Wildman–Crippen LogP) is 0.297. The molecule has 3 N–H and O–H groups in total. The summed E-state index contributed by atoms with van der Waals surface area (Å²) in [5.41, 5.74) is 0.181. The van der Waals surface area contributed by atoms with E-state index in [1.807, 2.05) is 19.0 Å². The van der Waals surface area contributed by atoms with Gasteiger partial charge in [-0.3, -0.25) is 0 Å². The highest BCUT2D eigenvalue weighted by atomic mass is 16.3. The van der Waals surface area contributed by atoms with Crippen molar-refractivity contribution in [1.29, 1.82) is 0 Å². The summed E-state index contributed by atoms with van der Waals surface area (Å²) in [7, 11) is 3.91. The first-order valence-electron chi connectivity index (χ1n) is 6.02. The SMILES string of the molecule is CN(C)CC(O)CNCC(C)(C)CCCO. The van der Waals surface area contributed by atoms with E-state index in [1.165, 1.54) is 0 Å². The molecule has 0 aliphatic carbocycles. The van der Waals surface area contributed by atoms with Gasteiger partial charge in [0.1, 0.15) is 0 Å². The summed E-state index contributed by atoms with van der Waals surface area (Å²) in [5, 5.41) is 21.7. The highest BCUT2D eigenvalue weighted by Crippen LogP contribution is 2.20. The lowest BCUT2D eigenvalue weighted by Crippen LogP contribution is -2.38. The summed E-state index contributed by atoms with van der Waals surface area (Å²) in [6.07, 6.45) is 1.53. The molecular weight excluding hydrogens is 204 g/mol. The molecule has 0 bridgehead atoms. The molecule has 0 aliphatic rings. The molecule has 0 aliphatic heterocycles. The Balaban J connectivity index is 3.63. The molecule has 0 fully saturated rings. The second-order valence-corrected chi connectivity index (χ2v) is 5.54. The van der Waals surface area contributed by atoms with E-state index in [1.54, 1.807) is 0 Å². The zero-order valence-corrected chi connectivity index (χ0v) is 11.2. The number of nitrogens with one attached hydrogen (secondary N) is 1. The van der Waals surface area contributed by atoms with Crippen molar-refractivity contribution in [2.75, 3.05) is 40.3 Å². The van der Waals surface area contributed by atoms with Crippen LogP contribution in [0.1, 0.15) is 26.7 Å². The summed E-state index contributed by atoms with van der Waals surface area (Å²) in [6.45, 7) is 6.79. The van der Waals surface area contributed by atoms with Crippen LogP contribution in [0, 0.1) is 5.41 Å². The van der Waals surface area contributed by atoms with Crippen LogP contribution in [0.4, 0.5) is 0 Å². The summed E-state index contributed by atoms with van der Waals surface area (Å²) in [5.74, 6) is 0. The van der Waals surface area contributed by atoms with Crippen LogP contribution < -0.4 is 5.32 Å². The minimum Gasteiger partial charge on any atom is -0.396 e. The molecule has 1 atom stereocenters. The fourth-order valence-corrected chi connectivity index (χ4v) is 1.71. The van der Waals surface area contributed by atoms with Gasteiger partial charge in [-0.1, -0.05) is 13.8 Å². The molecule has 0 saturated carbocycles. The van der Waals surface area contributed by atoms with Crippen LogP contribution in [0.3, 0.4) is 0 Å². The van der Waals surface area contributed by atoms with E-state index in [2.05, 4.69) is 19.2 Å². The number of likely N-dealkylation sites (N-methyl/N-ethyl adjacent to an activating group) is 1. The quantitative estimate of drug-likeness (QED) is 0.535. The molecule has 16 heavy (non-hydrogen) atoms. The van der Waals surface area contributed by atoms with Gasteiger partial charge in [0.15, 0.2) is 0 Å². The largest absolute Gasteiger partial charge is 0.396 e. The summed E-state index contributed by atoms with van der Waals surface area (Å²) in [4.78, 5) is 1.98. The second-order valence-electron chi connectivity index (χ2n) is 5.54. The molecule has 0 radical (unpaired) electrons. The van der Waals surface area contributed by atoms with Crippen molar-refractivity contribution in [3.63, 3.8) is 0 Å². The lowest BCUT2D eigenvalue weighted by Gasteiger charge is -2.26. The summed E-state index contributed by atoms with van der Waals surface area (Å²) in [6, 6.07) is 0. The van der Waals surface area contributed by atoms with Gasteiger partial charge in [0.2, 0.25) is 0 Å². The first kappa shape index (κ1) is 15.8. The van der Waals surface area contributed by atoms with Gasteiger partial charge in [-0.15, -0.1) is 0 Å². The average molecular weight is 232 g/mol. The zero-order valence-electron chi connectivity index (χ0n) is 11.2. The minimum atomic E-state index is -0.316. The van der Waals surface area contributed by atoms with Crippen LogP contribution in [-0.4, -0.2) is 61.6 Å². The molecule has 1 unspecified atom stereocenters. The molecule has 0 saturated heterocycles. The Morgan fingerprint density at radius 3 is 2.44 bits per heavy atom. The standard InChI is InChI=1S/C12H28N2O2/c1-12(2,6-5-7-15)10-13-8-11(16)9-14(3)4/h11,13,15-16H,5-10H2,1-4H3. The summed E-state index contributed by atoms with van der Waals surface area (Å²) < 4.78 is 0. The Kier molecular flexibility index (Phi) is 7.93. The van der Waals surface area contributed by atoms with Gasteiger partial charge < -0.3 is 20.4 Å².